The second-order valence-electron chi connectivity index (χ2n) is 5.75. The predicted molar refractivity (Wildman–Crippen MR) is 77.6 cm³/mol. The molecule has 1 saturated carbocycles. The fourth-order valence-electron chi connectivity index (χ4n) is 2.80. The van der Waals surface area contributed by atoms with Gasteiger partial charge in [0.1, 0.15) is 0 Å². The molecule has 0 atom stereocenters. The lowest BCUT2D eigenvalue weighted by Crippen LogP contribution is -2.30. The number of amides is 1. The lowest BCUT2D eigenvalue weighted by molar-refractivity contribution is -0.124. The van der Waals surface area contributed by atoms with Crippen molar-refractivity contribution in [2.75, 3.05) is 6.54 Å². The van der Waals surface area contributed by atoms with Crippen LogP contribution in [0.3, 0.4) is 0 Å². The van der Waals surface area contributed by atoms with Crippen molar-refractivity contribution in [3.63, 3.8) is 0 Å². The monoisotopic (exact) mass is 253 g/mol. The summed E-state index contributed by atoms with van der Waals surface area (Å²) in [5, 5.41) is 3.10. The number of nitrogens with one attached hydrogen (secondary N) is 1. The first kappa shape index (κ1) is 15.5. The van der Waals surface area contributed by atoms with E-state index >= 15 is 0 Å². The standard InChI is InChI=1S/C16H31NO/c1-2-3-4-5-6-7-8-11-14-17-16(18)15-12-9-10-13-15/h15H,2-14H2,1H3,(H,17,18). The van der Waals surface area contributed by atoms with Crippen LogP contribution in [0.25, 0.3) is 0 Å². The maximum atomic E-state index is 11.7. The van der Waals surface area contributed by atoms with Gasteiger partial charge in [0, 0.05) is 12.5 Å². The van der Waals surface area contributed by atoms with Crippen LogP contribution in [0.5, 0.6) is 0 Å². The Hall–Kier alpha value is -0.530. The average Bonchev–Trinajstić information content (AvgIpc) is 2.90. The molecule has 0 aromatic carbocycles. The summed E-state index contributed by atoms with van der Waals surface area (Å²) in [5.41, 5.74) is 0. The van der Waals surface area contributed by atoms with Crippen LogP contribution < -0.4 is 5.32 Å². The van der Waals surface area contributed by atoms with Gasteiger partial charge in [0.15, 0.2) is 0 Å². The molecule has 0 spiro atoms. The SMILES string of the molecule is CCCCCCCCCCNC(=O)C1CCCC1. The minimum Gasteiger partial charge on any atom is -0.356 e. The first-order valence-electron chi connectivity index (χ1n) is 8.12. The summed E-state index contributed by atoms with van der Waals surface area (Å²) in [6, 6.07) is 0. The molecule has 0 bridgehead atoms. The van der Waals surface area contributed by atoms with Crippen molar-refractivity contribution in [2.45, 2.75) is 84.0 Å². The summed E-state index contributed by atoms with van der Waals surface area (Å²) >= 11 is 0. The van der Waals surface area contributed by atoms with Crippen LogP contribution in [-0.4, -0.2) is 12.5 Å². The van der Waals surface area contributed by atoms with E-state index in [4.69, 9.17) is 0 Å². The molecule has 0 aromatic heterocycles. The van der Waals surface area contributed by atoms with Crippen LogP contribution in [0.2, 0.25) is 0 Å². The van der Waals surface area contributed by atoms with Crippen molar-refractivity contribution in [1.29, 1.82) is 0 Å². The minimum atomic E-state index is 0.315. The highest BCUT2D eigenvalue weighted by atomic mass is 16.1. The zero-order valence-electron chi connectivity index (χ0n) is 12.2. The van der Waals surface area contributed by atoms with Crippen LogP contribution >= 0.6 is 0 Å². The van der Waals surface area contributed by atoms with E-state index in [-0.39, 0.29) is 0 Å². The second-order valence-corrected chi connectivity index (χ2v) is 5.75. The van der Waals surface area contributed by atoms with Crippen molar-refractivity contribution < 1.29 is 4.79 Å². The summed E-state index contributed by atoms with van der Waals surface area (Å²) in [5.74, 6) is 0.648. The Morgan fingerprint density at radius 3 is 2.11 bits per heavy atom. The van der Waals surface area contributed by atoms with Crippen molar-refractivity contribution in [3.8, 4) is 0 Å². The number of rotatable bonds is 10. The van der Waals surface area contributed by atoms with Gasteiger partial charge >= 0.3 is 0 Å². The third-order valence-corrected chi connectivity index (χ3v) is 4.06. The number of hydrogen-bond donors (Lipinski definition) is 1. The van der Waals surface area contributed by atoms with E-state index in [0.29, 0.717) is 11.8 Å². The Labute approximate surface area is 113 Å². The average molecular weight is 253 g/mol. The molecule has 2 heteroatoms. The minimum absolute atomic E-state index is 0.315. The fourth-order valence-corrected chi connectivity index (χ4v) is 2.80. The van der Waals surface area contributed by atoms with Gasteiger partial charge in [-0.05, 0) is 19.3 Å². The molecule has 0 aromatic rings. The molecule has 2 nitrogen and oxygen atoms in total. The Morgan fingerprint density at radius 1 is 0.944 bits per heavy atom. The van der Waals surface area contributed by atoms with Gasteiger partial charge in [0.05, 0.1) is 0 Å². The van der Waals surface area contributed by atoms with Gasteiger partial charge in [-0.25, -0.2) is 0 Å². The van der Waals surface area contributed by atoms with Crippen LogP contribution in [0, 0.1) is 5.92 Å². The molecule has 106 valence electrons. The molecular weight excluding hydrogens is 222 g/mol. The third-order valence-electron chi connectivity index (χ3n) is 4.06. The highest BCUT2D eigenvalue weighted by Crippen LogP contribution is 2.24. The molecule has 0 radical (unpaired) electrons. The highest BCUT2D eigenvalue weighted by molar-refractivity contribution is 5.78. The quantitative estimate of drug-likeness (QED) is 0.573. The largest absolute Gasteiger partial charge is 0.356 e. The zero-order chi connectivity index (χ0) is 13.1. The summed E-state index contributed by atoms with van der Waals surface area (Å²) < 4.78 is 0. The van der Waals surface area contributed by atoms with Crippen LogP contribution in [0.4, 0.5) is 0 Å². The van der Waals surface area contributed by atoms with E-state index in [1.807, 2.05) is 0 Å². The molecule has 0 saturated heterocycles. The lowest BCUT2D eigenvalue weighted by atomic mass is 10.1. The molecular formula is C16H31NO. The van der Waals surface area contributed by atoms with E-state index in [1.54, 1.807) is 0 Å². The zero-order valence-corrected chi connectivity index (χ0v) is 12.2. The molecule has 1 aliphatic rings. The van der Waals surface area contributed by atoms with Crippen molar-refractivity contribution in [2.24, 2.45) is 5.92 Å². The number of carbonyl (C=O) groups excluding carboxylic acids is 1. The molecule has 1 fully saturated rings. The van der Waals surface area contributed by atoms with Crippen molar-refractivity contribution >= 4 is 5.91 Å². The van der Waals surface area contributed by atoms with Crippen LogP contribution in [-0.2, 0) is 4.79 Å². The summed E-state index contributed by atoms with van der Waals surface area (Å²) in [7, 11) is 0. The normalized spacial score (nSPS) is 16.1. The molecule has 1 rings (SSSR count). The topological polar surface area (TPSA) is 29.1 Å². The molecule has 0 unspecified atom stereocenters. The van der Waals surface area contributed by atoms with Gasteiger partial charge in [-0.3, -0.25) is 4.79 Å². The van der Waals surface area contributed by atoms with Gasteiger partial charge in [0.2, 0.25) is 5.91 Å². The number of carbonyl (C=O) groups is 1. The van der Waals surface area contributed by atoms with Gasteiger partial charge in [-0.1, -0.05) is 64.7 Å². The molecule has 0 aliphatic heterocycles. The van der Waals surface area contributed by atoms with Gasteiger partial charge in [-0.15, -0.1) is 0 Å². The first-order valence-corrected chi connectivity index (χ1v) is 8.12. The molecule has 1 amide bonds. The first-order chi connectivity index (χ1) is 8.84. The van der Waals surface area contributed by atoms with Gasteiger partial charge in [-0.2, -0.15) is 0 Å². The Morgan fingerprint density at radius 2 is 1.50 bits per heavy atom. The highest BCUT2D eigenvalue weighted by Gasteiger charge is 2.21. The molecule has 18 heavy (non-hydrogen) atoms. The molecule has 1 aliphatic carbocycles. The molecule has 1 N–H and O–H groups in total. The van der Waals surface area contributed by atoms with E-state index in [1.165, 1.54) is 57.8 Å². The fraction of sp³-hybridized carbons (Fsp3) is 0.938. The third kappa shape index (κ3) is 7.03. The predicted octanol–water partition coefficient (Wildman–Crippen LogP) is 4.43. The summed E-state index contributed by atoms with van der Waals surface area (Å²) in [6.07, 6.45) is 15.4. The summed E-state index contributed by atoms with van der Waals surface area (Å²) in [4.78, 5) is 11.7. The van der Waals surface area contributed by atoms with Gasteiger partial charge in [0.25, 0.3) is 0 Å². The maximum Gasteiger partial charge on any atom is 0.223 e. The van der Waals surface area contributed by atoms with Crippen molar-refractivity contribution in [1.82, 2.24) is 5.32 Å². The Kier molecular flexibility index (Phi) is 8.97. The summed E-state index contributed by atoms with van der Waals surface area (Å²) in [6.45, 7) is 3.15. The molecule has 0 heterocycles. The van der Waals surface area contributed by atoms with E-state index in [0.717, 1.165) is 25.8 Å². The smallest absolute Gasteiger partial charge is 0.223 e. The number of unbranched alkanes of at least 4 members (excludes halogenated alkanes) is 7. The van der Waals surface area contributed by atoms with Crippen LogP contribution in [0.1, 0.15) is 84.0 Å². The van der Waals surface area contributed by atoms with Crippen molar-refractivity contribution in [3.05, 3.63) is 0 Å². The lowest BCUT2D eigenvalue weighted by Gasteiger charge is -2.09. The Balaban J connectivity index is 1.82. The second kappa shape index (κ2) is 10.4. The Bertz CT molecular complexity index is 209. The van der Waals surface area contributed by atoms with E-state index in [9.17, 15) is 4.79 Å². The number of hydrogen-bond acceptors (Lipinski definition) is 1. The van der Waals surface area contributed by atoms with Crippen LogP contribution in [0.15, 0.2) is 0 Å². The van der Waals surface area contributed by atoms with Gasteiger partial charge < -0.3 is 5.32 Å². The van der Waals surface area contributed by atoms with E-state index in [2.05, 4.69) is 12.2 Å². The maximum absolute atomic E-state index is 11.7. The van der Waals surface area contributed by atoms with E-state index < -0.39 is 0 Å².